The molecule has 0 aliphatic heterocycles. The Labute approximate surface area is 163 Å². The van der Waals surface area contributed by atoms with Gasteiger partial charge >= 0.3 is 6.18 Å². The van der Waals surface area contributed by atoms with Crippen molar-refractivity contribution < 1.29 is 27.6 Å². The van der Waals surface area contributed by atoms with E-state index < -0.39 is 29.6 Å². The predicted molar refractivity (Wildman–Crippen MR) is 98.0 cm³/mol. The van der Waals surface area contributed by atoms with E-state index in [-0.39, 0.29) is 24.6 Å². The van der Waals surface area contributed by atoms with E-state index >= 15 is 0 Å². The second kappa shape index (κ2) is 9.36. The Kier molecular flexibility index (Phi) is 7.16. The molecule has 3 amide bonds. The number of carbonyl (C=O) groups excluding carboxylic acids is 3. The first-order valence-electron chi connectivity index (χ1n) is 8.26. The van der Waals surface area contributed by atoms with Gasteiger partial charge in [0.15, 0.2) is 0 Å². The molecule has 2 rings (SSSR count). The normalized spacial score (nSPS) is 12.1. The predicted octanol–water partition coefficient (Wildman–Crippen LogP) is 2.43. The average Bonchev–Trinajstić information content (AvgIpc) is 3.19. The number of amides is 3. The van der Waals surface area contributed by atoms with Gasteiger partial charge in [0.05, 0.1) is 10.4 Å². The van der Waals surface area contributed by atoms with Crippen LogP contribution in [-0.2, 0) is 11.0 Å². The van der Waals surface area contributed by atoms with E-state index in [4.69, 9.17) is 0 Å². The molecule has 0 fully saturated rings. The summed E-state index contributed by atoms with van der Waals surface area (Å²) in [6, 6.07) is 6.42. The van der Waals surface area contributed by atoms with E-state index in [2.05, 4.69) is 16.0 Å². The third kappa shape index (κ3) is 6.08. The Hall–Kier alpha value is -2.88. The van der Waals surface area contributed by atoms with E-state index in [0.29, 0.717) is 4.88 Å². The molecule has 1 heterocycles. The maximum absolute atomic E-state index is 12.5. The molecule has 0 saturated heterocycles. The largest absolute Gasteiger partial charge is 0.416 e. The highest BCUT2D eigenvalue weighted by atomic mass is 32.1. The van der Waals surface area contributed by atoms with Crippen LogP contribution in [0.3, 0.4) is 0 Å². The Morgan fingerprint density at radius 3 is 2.21 bits per heavy atom. The van der Waals surface area contributed by atoms with E-state index in [1.165, 1.54) is 18.3 Å². The van der Waals surface area contributed by atoms with Crippen LogP contribution in [-0.4, -0.2) is 36.9 Å². The van der Waals surface area contributed by atoms with Gasteiger partial charge in [-0.25, -0.2) is 0 Å². The van der Waals surface area contributed by atoms with Crippen LogP contribution in [0.25, 0.3) is 0 Å². The molecule has 0 aliphatic rings. The van der Waals surface area contributed by atoms with Crippen molar-refractivity contribution in [3.05, 3.63) is 57.8 Å². The maximum atomic E-state index is 12.5. The van der Waals surface area contributed by atoms with Crippen LogP contribution >= 0.6 is 11.3 Å². The fourth-order valence-electron chi connectivity index (χ4n) is 2.17. The highest BCUT2D eigenvalue weighted by molar-refractivity contribution is 7.12. The minimum atomic E-state index is -4.46. The van der Waals surface area contributed by atoms with Gasteiger partial charge in [-0.05, 0) is 42.6 Å². The van der Waals surface area contributed by atoms with Crippen molar-refractivity contribution in [3.63, 3.8) is 0 Å². The van der Waals surface area contributed by atoms with Crippen molar-refractivity contribution in [2.24, 2.45) is 0 Å². The van der Waals surface area contributed by atoms with Crippen molar-refractivity contribution >= 4 is 29.1 Å². The van der Waals surface area contributed by atoms with Crippen LogP contribution in [0.15, 0.2) is 41.8 Å². The monoisotopic (exact) mass is 413 g/mol. The Morgan fingerprint density at radius 2 is 1.64 bits per heavy atom. The van der Waals surface area contributed by atoms with Crippen LogP contribution in [0.2, 0.25) is 0 Å². The number of hydrogen-bond acceptors (Lipinski definition) is 4. The summed E-state index contributed by atoms with van der Waals surface area (Å²) in [5.74, 6) is -1.33. The highest BCUT2D eigenvalue weighted by Crippen LogP contribution is 2.29. The third-order valence-corrected chi connectivity index (χ3v) is 4.54. The summed E-state index contributed by atoms with van der Waals surface area (Å²) in [7, 11) is 0. The summed E-state index contributed by atoms with van der Waals surface area (Å²) in [5, 5.41) is 9.35. The molecule has 0 aliphatic carbocycles. The third-order valence-electron chi connectivity index (χ3n) is 3.67. The summed E-state index contributed by atoms with van der Waals surface area (Å²) >= 11 is 1.26. The molecule has 2 aromatic rings. The fraction of sp³-hybridized carbons (Fsp3) is 0.278. The summed E-state index contributed by atoms with van der Waals surface area (Å²) in [6.45, 7) is 1.71. The van der Waals surface area contributed by atoms with Gasteiger partial charge in [-0.15, -0.1) is 11.3 Å². The topological polar surface area (TPSA) is 87.3 Å². The van der Waals surface area contributed by atoms with Gasteiger partial charge in [-0.1, -0.05) is 6.07 Å². The van der Waals surface area contributed by atoms with Crippen molar-refractivity contribution in [2.75, 3.05) is 13.1 Å². The first-order valence-corrected chi connectivity index (χ1v) is 9.14. The lowest BCUT2D eigenvalue weighted by Crippen LogP contribution is -2.46. The van der Waals surface area contributed by atoms with Crippen molar-refractivity contribution in [2.45, 2.75) is 19.1 Å². The number of alkyl halides is 3. The molecule has 1 aromatic carbocycles. The summed E-state index contributed by atoms with van der Waals surface area (Å²) < 4.78 is 37.5. The van der Waals surface area contributed by atoms with Crippen LogP contribution in [0.4, 0.5) is 13.2 Å². The van der Waals surface area contributed by atoms with Crippen LogP contribution < -0.4 is 16.0 Å². The quantitative estimate of drug-likeness (QED) is 0.610. The number of benzene rings is 1. The van der Waals surface area contributed by atoms with Gasteiger partial charge in [0.25, 0.3) is 11.8 Å². The molecular formula is C18H18F3N3O3S. The standard InChI is InChI=1S/C18H18F3N3O3S/c1-11(24-17(27)14-3-2-10-28-14)15(25)22-8-9-23-16(26)12-4-6-13(7-5-12)18(19,20)21/h2-7,10-11H,8-9H2,1H3,(H,22,25)(H,23,26)(H,24,27). The van der Waals surface area contributed by atoms with Gasteiger partial charge in [-0.2, -0.15) is 13.2 Å². The molecule has 0 saturated carbocycles. The molecular weight excluding hydrogens is 395 g/mol. The van der Waals surface area contributed by atoms with Gasteiger partial charge in [0.2, 0.25) is 5.91 Å². The second-order valence-corrected chi connectivity index (χ2v) is 6.74. The Balaban J connectivity index is 1.72. The molecule has 28 heavy (non-hydrogen) atoms. The molecule has 1 unspecified atom stereocenters. The summed E-state index contributed by atoms with van der Waals surface area (Å²) in [4.78, 5) is 36.2. The number of hydrogen-bond donors (Lipinski definition) is 3. The molecule has 150 valence electrons. The van der Waals surface area contributed by atoms with Gasteiger partial charge < -0.3 is 16.0 Å². The van der Waals surface area contributed by atoms with Crippen molar-refractivity contribution in [1.82, 2.24) is 16.0 Å². The van der Waals surface area contributed by atoms with Gasteiger partial charge in [-0.3, -0.25) is 14.4 Å². The lowest BCUT2D eigenvalue weighted by atomic mass is 10.1. The molecule has 3 N–H and O–H groups in total. The number of nitrogens with one attached hydrogen (secondary N) is 3. The lowest BCUT2D eigenvalue weighted by Gasteiger charge is -2.14. The summed E-state index contributed by atoms with van der Waals surface area (Å²) in [5.41, 5.74) is -0.759. The lowest BCUT2D eigenvalue weighted by molar-refractivity contribution is -0.137. The molecule has 10 heteroatoms. The van der Waals surface area contributed by atoms with Gasteiger partial charge in [0, 0.05) is 18.7 Å². The number of halogens is 3. The number of thiophene rings is 1. The second-order valence-electron chi connectivity index (χ2n) is 5.79. The van der Waals surface area contributed by atoms with Crippen LogP contribution in [0.5, 0.6) is 0 Å². The van der Waals surface area contributed by atoms with Crippen molar-refractivity contribution in [3.8, 4) is 0 Å². The summed E-state index contributed by atoms with van der Waals surface area (Å²) in [6.07, 6.45) is -4.46. The zero-order chi connectivity index (χ0) is 20.7. The Bertz CT molecular complexity index is 821. The molecule has 6 nitrogen and oxygen atoms in total. The SMILES string of the molecule is CC(NC(=O)c1cccs1)C(=O)NCCNC(=O)c1ccc(C(F)(F)F)cc1. The van der Waals surface area contributed by atoms with E-state index in [1.54, 1.807) is 17.5 Å². The fourth-order valence-corrected chi connectivity index (χ4v) is 2.80. The number of carbonyl (C=O) groups is 3. The number of rotatable bonds is 7. The molecule has 0 bridgehead atoms. The molecule has 1 atom stereocenters. The zero-order valence-corrected chi connectivity index (χ0v) is 15.6. The maximum Gasteiger partial charge on any atom is 0.416 e. The smallest absolute Gasteiger partial charge is 0.353 e. The van der Waals surface area contributed by atoms with E-state index in [1.807, 2.05) is 0 Å². The molecule has 0 radical (unpaired) electrons. The van der Waals surface area contributed by atoms with Crippen LogP contribution in [0.1, 0.15) is 32.5 Å². The van der Waals surface area contributed by atoms with Crippen LogP contribution in [0, 0.1) is 0 Å². The first kappa shape index (κ1) is 21.4. The average molecular weight is 413 g/mol. The zero-order valence-electron chi connectivity index (χ0n) is 14.8. The van der Waals surface area contributed by atoms with E-state index in [9.17, 15) is 27.6 Å². The minimum absolute atomic E-state index is 0.0795. The Morgan fingerprint density at radius 1 is 1.00 bits per heavy atom. The van der Waals surface area contributed by atoms with Gasteiger partial charge in [0.1, 0.15) is 6.04 Å². The molecule has 1 aromatic heterocycles. The first-order chi connectivity index (χ1) is 13.2. The minimum Gasteiger partial charge on any atom is -0.353 e. The highest BCUT2D eigenvalue weighted by Gasteiger charge is 2.30. The van der Waals surface area contributed by atoms with Crippen molar-refractivity contribution in [1.29, 1.82) is 0 Å². The molecule has 0 spiro atoms. The van der Waals surface area contributed by atoms with E-state index in [0.717, 1.165) is 24.3 Å².